The summed E-state index contributed by atoms with van der Waals surface area (Å²) in [7, 11) is 0. The molecular weight excluding hydrogens is 136 g/mol. The van der Waals surface area contributed by atoms with Gasteiger partial charge >= 0.3 is 0 Å². The van der Waals surface area contributed by atoms with Crippen LogP contribution < -0.4 is 11.5 Å². The van der Waals surface area contributed by atoms with Crippen LogP contribution in [0.5, 0.6) is 0 Å². The zero-order valence-corrected chi connectivity index (χ0v) is 8.22. The van der Waals surface area contributed by atoms with Crippen LogP contribution in [0.25, 0.3) is 0 Å². The third-order valence-electron chi connectivity index (χ3n) is 1.02. The summed E-state index contributed by atoms with van der Waals surface area (Å²) < 4.78 is 0. The van der Waals surface area contributed by atoms with Gasteiger partial charge in [-0.25, -0.2) is 0 Å². The first kappa shape index (κ1) is 13.1. The molecule has 0 spiro atoms. The van der Waals surface area contributed by atoms with Crippen molar-refractivity contribution < 1.29 is 0 Å². The van der Waals surface area contributed by atoms with E-state index in [1.807, 2.05) is 26.8 Å². The summed E-state index contributed by atoms with van der Waals surface area (Å²) in [5.74, 6) is 0. The van der Waals surface area contributed by atoms with Gasteiger partial charge in [0.05, 0.1) is 0 Å². The summed E-state index contributed by atoms with van der Waals surface area (Å²) in [5.41, 5.74) is 11.9. The Morgan fingerprint density at radius 1 is 1.45 bits per heavy atom. The molecule has 68 valence electrons. The van der Waals surface area contributed by atoms with Crippen LogP contribution in [-0.4, -0.2) is 6.04 Å². The molecule has 0 aromatic rings. The SMILES string of the molecule is CC.CCC/C(N)=C/C(C)N. The highest BCUT2D eigenvalue weighted by atomic mass is 14.6. The molecule has 2 heteroatoms. The fourth-order valence-corrected chi connectivity index (χ4v) is 0.710. The van der Waals surface area contributed by atoms with Crippen LogP contribution in [0, 0.1) is 0 Å². The molecule has 1 unspecified atom stereocenters. The van der Waals surface area contributed by atoms with Gasteiger partial charge in [0.15, 0.2) is 0 Å². The maximum atomic E-state index is 5.57. The predicted octanol–water partition coefficient (Wildman–Crippen LogP) is 2.00. The summed E-state index contributed by atoms with van der Waals surface area (Å²) in [4.78, 5) is 0. The fourth-order valence-electron chi connectivity index (χ4n) is 0.710. The molecule has 0 rings (SSSR count). The number of allylic oxidation sites excluding steroid dienone is 1. The highest BCUT2D eigenvalue weighted by Crippen LogP contribution is 1.96. The minimum absolute atomic E-state index is 0.0940. The van der Waals surface area contributed by atoms with Gasteiger partial charge in [-0.05, 0) is 19.4 Å². The first-order chi connectivity index (χ1) is 5.16. The minimum atomic E-state index is 0.0940. The second-order valence-electron chi connectivity index (χ2n) is 2.35. The molecule has 0 heterocycles. The molecule has 0 saturated carbocycles. The lowest BCUT2D eigenvalue weighted by molar-refractivity contribution is 0.848. The maximum absolute atomic E-state index is 5.57. The molecule has 0 aromatic carbocycles. The van der Waals surface area contributed by atoms with Gasteiger partial charge in [0.25, 0.3) is 0 Å². The van der Waals surface area contributed by atoms with Gasteiger partial charge < -0.3 is 11.5 Å². The van der Waals surface area contributed by atoms with E-state index in [4.69, 9.17) is 11.5 Å². The Kier molecular flexibility index (Phi) is 11.3. The van der Waals surface area contributed by atoms with E-state index in [1.165, 1.54) is 0 Å². The molecule has 0 saturated heterocycles. The number of rotatable bonds is 3. The molecule has 11 heavy (non-hydrogen) atoms. The van der Waals surface area contributed by atoms with Gasteiger partial charge in [-0.15, -0.1) is 0 Å². The lowest BCUT2D eigenvalue weighted by atomic mass is 10.2. The molecule has 0 radical (unpaired) electrons. The summed E-state index contributed by atoms with van der Waals surface area (Å²) >= 11 is 0. The zero-order valence-electron chi connectivity index (χ0n) is 8.22. The van der Waals surface area contributed by atoms with Gasteiger partial charge in [-0.1, -0.05) is 27.2 Å². The van der Waals surface area contributed by atoms with Crippen molar-refractivity contribution >= 4 is 0 Å². The normalized spacial score (nSPS) is 13.4. The first-order valence-electron chi connectivity index (χ1n) is 4.38. The Bertz CT molecular complexity index is 95.7. The van der Waals surface area contributed by atoms with E-state index in [-0.39, 0.29) is 6.04 Å². The summed E-state index contributed by atoms with van der Waals surface area (Å²) in [5, 5.41) is 0. The van der Waals surface area contributed by atoms with E-state index in [1.54, 1.807) is 0 Å². The average molecular weight is 158 g/mol. The van der Waals surface area contributed by atoms with Crippen LogP contribution in [0.4, 0.5) is 0 Å². The van der Waals surface area contributed by atoms with Crippen molar-refractivity contribution in [2.45, 2.75) is 46.6 Å². The Balaban J connectivity index is 0. The largest absolute Gasteiger partial charge is 0.402 e. The molecule has 0 amide bonds. The third-order valence-corrected chi connectivity index (χ3v) is 1.02. The van der Waals surface area contributed by atoms with Gasteiger partial charge in [0.1, 0.15) is 0 Å². The van der Waals surface area contributed by atoms with Crippen molar-refractivity contribution in [3.63, 3.8) is 0 Å². The van der Waals surface area contributed by atoms with Crippen molar-refractivity contribution in [2.24, 2.45) is 11.5 Å². The maximum Gasteiger partial charge on any atom is 0.0214 e. The molecule has 2 nitrogen and oxygen atoms in total. The van der Waals surface area contributed by atoms with Gasteiger partial charge in [0.2, 0.25) is 0 Å². The molecule has 0 aliphatic heterocycles. The van der Waals surface area contributed by atoms with E-state index in [0.717, 1.165) is 18.5 Å². The fraction of sp³-hybridized carbons (Fsp3) is 0.778. The highest BCUT2D eigenvalue weighted by Gasteiger charge is 1.89. The van der Waals surface area contributed by atoms with E-state index < -0.39 is 0 Å². The average Bonchev–Trinajstić information content (AvgIpc) is 1.91. The Morgan fingerprint density at radius 3 is 2.18 bits per heavy atom. The second-order valence-corrected chi connectivity index (χ2v) is 2.35. The van der Waals surface area contributed by atoms with Gasteiger partial charge in [-0.2, -0.15) is 0 Å². The number of hydrogen-bond acceptors (Lipinski definition) is 2. The van der Waals surface area contributed by atoms with E-state index >= 15 is 0 Å². The van der Waals surface area contributed by atoms with Crippen molar-refractivity contribution in [3.05, 3.63) is 11.8 Å². The minimum Gasteiger partial charge on any atom is -0.402 e. The van der Waals surface area contributed by atoms with Crippen molar-refractivity contribution in [2.75, 3.05) is 0 Å². The molecular formula is C9H22N2. The van der Waals surface area contributed by atoms with E-state index in [9.17, 15) is 0 Å². The highest BCUT2D eigenvalue weighted by molar-refractivity contribution is 5.00. The van der Waals surface area contributed by atoms with Gasteiger partial charge in [0, 0.05) is 11.7 Å². The first-order valence-corrected chi connectivity index (χ1v) is 4.38. The van der Waals surface area contributed by atoms with E-state index in [2.05, 4.69) is 6.92 Å². The zero-order chi connectivity index (χ0) is 9.28. The number of hydrogen-bond donors (Lipinski definition) is 2. The van der Waals surface area contributed by atoms with Gasteiger partial charge in [-0.3, -0.25) is 0 Å². The van der Waals surface area contributed by atoms with E-state index in [0.29, 0.717) is 0 Å². The standard InChI is InChI=1S/C7H16N2.C2H6/c1-3-4-7(9)5-6(2)8;1-2/h5-6H,3-4,8-9H2,1-2H3;1-2H3/b7-5-;. The summed E-state index contributed by atoms with van der Waals surface area (Å²) in [6.07, 6.45) is 3.94. The molecule has 4 N–H and O–H groups in total. The number of nitrogens with two attached hydrogens (primary N) is 2. The molecule has 0 aromatic heterocycles. The van der Waals surface area contributed by atoms with Crippen LogP contribution in [-0.2, 0) is 0 Å². The van der Waals surface area contributed by atoms with Crippen molar-refractivity contribution in [1.29, 1.82) is 0 Å². The second kappa shape index (κ2) is 9.50. The predicted molar refractivity (Wildman–Crippen MR) is 52.2 cm³/mol. The van der Waals surface area contributed by atoms with Crippen LogP contribution >= 0.6 is 0 Å². The molecule has 0 fully saturated rings. The summed E-state index contributed by atoms with van der Waals surface area (Å²) in [6, 6.07) is 0.0940. The van der Waals surface area contributed by atoms with Crippen LogP contribution in [0.1, 0.15) is 40.5 Å². The molecule has 0 bridgehead atoms. The van der Waals surface area contributed by atoms with Crippen LogP contribution in [0.2, 0.25) is 0 Å². The molecule has 0 aliphatic rings. The van der Waals surface area contributed by atoms with Crippen molar-refractivity contribution in [3.8, 4) is 0 Å². The lowest BCUT2D eigenvalue weighted by Gasteiger charge is -1.99. The summed E-state index contributed by atoms with van der Waals surface area (Å²) in [6.45, 7) is 8.02. The monoisotopic (exact) mass is 158 g/mol. The quantitative estimate of drug-likeness (QED) is 0.660. The Labute approximate surface area is 70.7 Å². The van der Waals surface area contributed by atoms with Crippen molar-refractivity contribution in [1.82, 2.24) is 0 Å². The topological polar surface area (TPSA) is 52.0 Å². The third kappa shape index (κ3) is 12.6. The molecule has 0 aliphatic carbocycles. The lowest BCUT2D eigenvalue weighted by Crippen LogP contribution is -2.13. The Hall–Kier alpha value is -0.500. The Morgan fingerprint density at radius 2 is 1.91 bits per heavy atom. The molecule has 1 atom stereocenters. The van der Waals surface area contributed by atoms with Crippen LogP contribution in [0.15, 0.2) is 11.8 Å². The van der Waals surface area contributed by atoms with Crippen LogP contribution in [0.3, 0.4) is 0 Å². The smallest absolute Gasteiger partial charge is 0.0214 e.